The maximum Gasteiger partial charge on any atom is 0.416 e. The smallest absolute Gasteiger partial charge is 0.416 e. The topological polar surface area (TPSA) is 104 Å². The van der Waals surface area contributed by atoms with E-state index in [0.29, 0.717) is 16.6 Å². The molecule has 3 aromatic rings. The first kappa shape index (κ1) is 23.6. The number of ether oxygens (including phenoxy) is 2. The Kier molecular flexibility index (Phi) is 7.40. The van der Waals surface area contributed by atoms with Crippen LogP contribution >= 0.6 is 23.4 Å². The van der Waals surface area contributed by atoms with Crippen LogP contribution in [-0.2, 0) is 23.8 Å². The van der Waals surface area contributed by atoms with Crippen LogP contribution in [0.15, 0.2) is 35.6 Å². The zero-order chi connectivity index (χ0) is 23.3. The van der Waals surface area contributed by atoms with Crippen LogP contribution in [0, 0.1) is 0 Å². The van der Waals surface area contributed by atoms with E-state index in [0.717, 1.165) is 18.2 Å². The van der Waals surface area contributed by atoms with Gasteiger partial charge in [0, 0.05) is 18.9 Å². The zero-order valence-corrected chi connectivity index (χ0v) is 18.3. The highest BCUT2D eigenvalue weighted by Gasteiger charge is 2.31. The largest absolute Gasteiger partial charge is 0.491 e. The number of rotatable bonds is 8. The molecule has 32 heavy (non-hydrogen) atoms. The molecule has 0 saturated heterocycles. The maximum atomic E-state index is 12.9. The fraction of sp³-hybridized carbons (Fsp3) is 0.278. The van der Waals surface area contributed by atoms with Gasteiger partial charge in [0.25, 0.3) is 5.91 Å². The van der Waals surface area contributed by atoms with Gasteiger partial charge in [0.2, 0.25) is 5.16 Å². The van der Waals surface area contributed by atoms with E-state index in [1.165, 1.54) is 29.8 Å². The number of methoxy groups -OCH3 is 1. The van der Waals surface area contributed by atoms with E-state index in [1.807, 2.05) is 0 Å². The van der Waals surface area contributed by atoms with Crippen LogP contribution in [0.1, 0.15) is 11.3 Å². The van der Waals surface area contributed by atoms with Crippen LogP contribution in [0.2, 0.25) is 5.02 Å². The minimum absolute atomic E-state index is 0.0367. The highest BCUT2D eigenvalue weighted by atomic mass is 35.5. The average molecular weight is 489 g/mol. The number of hydrogen-bond acceptors (Lipinski definition) is 8. The SMILES string of the molecule is COc1cnc(CSc2nnnn2C)cc1OCC(=O)Nc1cc(C(F)(F)F)ccc1Cl. The predicted molar refractivity (Wildman–Crippen MR) is 110 cm³/mol. The predicted octanol–water partition coefficient (Wildman–Crippen LogP) is 3.60. The van der Waals surface area contributed by atoms with Crippen molar-refractivity contribution in [2.45, 2.75) is 17.1 Å². The van der Waals surface area contributed by atoms with Gasteiger partial charge in [0.05, 0.1) is 35.3 Å². The normalized spacial score (nSPS) is 11.3. The van der Waals surface area contributed by atoms with Crippen LogP contribution in [0.4, 0.5) is 18.9 Å². The van der Waals surface area contributed by atoms with Gasteiger partial charge in [0.15, 0.2) is 18.1 Å². The molecule has 3 rings (SSSR count). The van der Waals surface area contributed by atoms with Crippen molar-refractivity contribution in [3.05, 3.63) is 46.7 Å². The molecule has 9 nitrogen and oxygen atoms in total. The molecule has 0 aliphatic heterocycles. The van der Waals surface area contributed by atoms with Crippen LogP contribution in [0.3, 0.4) is 0 Å². The van der Waals surface area contributed by atoms with Crippen LogP contribution in [0.25, 0.3) is 0 Å². The van der Waals surface area contributed by atoms with Crippen LogP contribution in [-0.4, -0.2) is 44.8 Å². The summed E-state index contributed by atoms with van der Waals surface area (Å²) in [7, 11) is 3.11. The molecule has 0 spiro atoms. The van der Waals surface area contributed by atoms with Gasteiger partial charge in [-0.25, -0.2) is 4.68 Å². The van der Waals surface area contributed by atoms with Gasteiger partial charge in [-0.3, -0.25) is 9.78 Å². The molecule has 0 radical (unpaired) electrons. The molecule has 0 unspecified atom stereocenters. The minimum atomic E-state index is -4.57. The number of thioether (sulfide) groups is 1. The number of alkyl halides is 3. The van der Waals surface area contributed by atoms with Gasteiger partial charge in [-0.1, -0.05) is 23.4 Å². The molecule has 0 atom stereocenters. The number of aromatic nitrogens is 5. The fourth-order valence-electron chi connectivity index (χ4n) is 2.42. The second-order valence-corrected chi connectivity index (χ2v) is 7.58. The lowest BCUT2D eigenvalue weighted by molar-refractivity contribution is -0.137. The van der Waals surface area contributed by atoms with Crippen molar-refractivity contribution in [3.63, 3.8) is 0 Å². The summed E-state index contributed by atoms with van der Waals surface area (Å²) in [6, 6.07) is 4.22. The summed E-state index contributed by atoms with van der Waals surface area (Å²) in [5, 5.41) is 14.0. The number of pyridine rings is 1. The number of carbonyl (C=O) groups is 1. The number of anilines is 1. The monoisotopic (exact) mass is 488 g/mol. The molecule has 1 aromatic carbocycles. The van der Waals surface area contributed by atoms with E-state index in [2.05, 4.69) is 25.8 Å². The molecule has 1 amide bonds. The molecule has 0 fully saturated rings. The Balaban J connectivity index is 1.65. The molecular weight excluding hydrogens is 473 g/mol. The Morgan fingerprint density at radius 1 is 1.28 bits per heavy atom. The van der Waals surface area contributed by atoms with E-state index in [9.17, 15) is 18.0 Å². The number of carbonyl (C=O) groups excluding carboxylic acids is 1. The van der Waals surface area contributed by atoms with Gasteiger partial charge in [-0.2, -0.15) is 13.2 Å². The third-order valence-electron chi connectivity index (χ3n) is 3.97. The van der Waals surface area contributed by atoms with Crippen molar-refractivity contribution < 1.29 is 27.4 Å². The number of tetrazole rings is 1. The molecule has 14 heteroatoms. The Morgan fingerprint density at radius 3 is 2.72 bits per heavy atom. The van der Waals surface area contributed by atoms with Crippen molar-refractivity contribution in [1.82, 2.24) is 25.2 Å². The quantitative estimate of drug-likeness (QED) is 0.480. The molecule has 0 aliphatic carbocycles. The first-order valence-corrected chi connectivity index (χ1v) is 10.2. The molecule has 0 aliphatic rings. The Morgan fingerprint density at radius 2 is 2.06 bits per heavy atom. The van der Waals surface area contributed by atoms with Gasteiger partial charge >= 0.3 is 6.18 Å². The molecule has 2 aromatic heterocycles. The van der Waals surface area contributed by atoms with Crippen LogP contribution in [0.5, 0.6) is 11.5 Å². The zero-order valence-electron chi connectivity index (χ0n) is 16.7. The van der Waals surface area contributed by atoms with Crippen molar-refractivity contribution in [2.75, 3.05) is 19.0 Å². The number of benzene rings is 1. The summed E-state index contributed by atoms with van der Waals surface area (Å²) >= 11 is 7.24. The molecular formula is C18H16ClF3N6O3S. The minimum Gasteiger partial charge on any atom is -0.491 e. The van der Waals surface area contributed by atoms with Crippen LogP contribution < -0.4 is 14.8 Å². The average Bonchev–Trinajstić information content (AvgIpc) is 3.16. The second kappa shape index (κ2) is 10.0. The van der Waals surface area contributed by atoms with E-state index in [-0.39, 0.29) is 22.2 Å². The van der Waals surface area contributed by atoms with Gasteiger partial charge in [-0.15, -0.1) is 5.10 Å². The maximum absolute atomic E-state index is 12.9. The Hall–Kier alpha value is -3.06. The molecule has 170 valence electrons. The van der Waals surface area contributed by atoms with Crippen molar-refractivity contribution >= 4 is 35.0 Å². The lowest BCUT2D eigenvalue weighted by Crippen LogP contribution is -2.21. The summed E-state index contributed by atoms with van der Waals surface area (Å²) in [5.74, 6) is 0.232. The standard InChI is InChI=1S/C18H16ClF3N6O3S/c1-28-17(25-26-27-28)32-9-11-6-14(15(30-2)7-23-11)31-8-16(29)24-13-5-10(18(20,21)22)3-4-12(13)19/h3-7H,8-9H2,1-2H3,(H,24,29). The number of nitrogens with one attached hydrogen (secondary N) is 1. The summed E-state index contributed by atoms with van der Waals surface area (Å²) in [4.78, 5) is 16.5. The van der Waals surface area contributed by atoms with Gasteiger partial charge in [0.1, 0.15) is 0 Å². The van der Waals surface area contributed by atoms with E-state index >= 15 is 0 Å². The molecule has 0 saturated carbocycles. The number of aryl methyl sites for hydroxylation is 1. The van der Waals surface area contributed by atoms with E-state index < -0.39 is 24.3 Å². The van der Waals surface area contributed by atoms with Gasteiger partial charge in [-0.05, 0) is 28.6 Å². The van der Waals surface area contributed by atoms with Gasteiger partial charge < -0.3 is 14.8 Å². The third kappa shape index (κ3) is 6.01. The Bertz CT molecular complexity index is 1110. The van der Waals surface area contributed by atoms with Crippen molar-refractivity contribution in [2.24, 2.45) is 7.05 Å². The van der Waals surface area contributed by atoms with Crippen molar-refractivity contribution in [3.8, 4) is 11.5 Å². The molecule has 1 N–H and O–H groups in total. The summed E-state index contributed by atoms with van der Waals surface area (Å²) < 4.78 is 50.9. The highest BCUT2D eigenvalue weighted by molar-refractivity contribution is 7.98. The van der Waals surface area contributed by atoms with E-state index in [1.54, 1.807) is 13.1 Å². The Labute approximate surface area is 189 Å². The summed E-state index contributed by atoms with van der Waals surface area (Å²) in [6.45, 7) is -0.493. The number of halogens is 4. The lowest BCUT2D eigenvalue weighted by Gasteiger charge is -2.13. The van der Waals surface area contributed by atoms with Crippen molar-refractivity contribution in [1.29, 1.82) is 0 Å². The number of hydrogen-bond donors (Lipinski definition) is 1. The third-order valence-corrected chi connectivity index (χ3v) is 5.34. The molecule has 0 bridgehead atoms. The fourth-order valence-corrected chi connectivity index (χ4v) is 3.34. The first-order chi connectivity index (χ1) is 15.2. The summed E-state index contributed by atoms with van der Waals surface area (Å²) in [5.41, 5.74) is -0.504. The number of amides is 1. The van der Waals surface area contributed by atoms with E-state index in [4.69, 9.17) is 21.1 Å². The lowest BCUT2D eigenvalue weighted by atomic mass is 10.2. The molecule has 2 heterocycles. The highest BCUT2D eigenvalue weighted by Crippen LogP contribution is 2.34. The first-order valence-electron chi connectivity index (χ1n) is 8.85. The summed E-state index contributed by atoms with van der Waals surface area (Å²) in [6.07, 6.45) is -3.14. The second-order valence-electron chi connectivity index (χ2n) is 6.23. The number of nitrogens with zero attached hydrogens (tertiary/aromatic N) is 5.